The molecule has 1 saturated carbocycles. The van der Waals surface area contributed by atoms with Crippen LogP contribution in [0.3, 0.4) is 0 Å². The monoisotopic (exact) mass is 486 g/mol. The van der Waals surface area contributed by atoms with E-state index in [1.165, 1.54) is 21.6 Å². The van der Waals surface area contributed by atoms with E-state index in [4.69, 9.17) is 0 Å². The van der Waals surface area contributed by atoms with E-state index in [1.807, 2.05) is 34.1 Å². The molecule has 182 valence electrons. The highest BCUT2D eigenvalue weighted by molar-refractivity contribution is 7.10. The summed E-state index contributed by atoms with van der Waals surface area (Å²) in [5, 5.41) is 2.13. The van der Waals surface area contributed by atoms with Crippen molar-refractivity contribution in [2.45, 2.75) is 64.5 Å². The molecule has 3 aromatic rings. The Morgan fingerprint density at radius 2 is 1.69 bits per heavy atom. The van der Waals surface area contributed by atoms with Crippen LogP contribution in [0.15, 0.2) is 60.0 Å². The highest BCUT2D eigenvalue weighted by atomic mass is 32.1. The summed E-state index contributed by atoms with van der Waals surface area (Å²) in [6.07, 6.45) is 2.80. The summed E-state index contributed by atoms with van der Waals surface area (Å²) >= 11 is 1.77. The van der Waals surface area contributed by atoms with Gasteiger partial charge in [0.05, 0.1) is 6.04 Å². The molecule has 0 saturated heterocycles. The maximum Gasteiger partial charge on any atom is 0.254 e. The fourth-order valence-corrected chi connectivity index (χ4v) is 5.87. The molecule has 0 N–H and O–H groups in total. The number of hydrogen-bond donors (Lipinski definition) is 0. The Hall–Kier alpha value is -2.92. The third-order valence-corrected chi connectivity index (χ3v) is 8.23. The highest BCUT2D eigenvalue weighted by Gasteiger charge is 2.38. The van der Waals surface area contributed by atoms with E-state index in [2.05, 4.69) is 63.4 Å². The van der Waals surface area contributed by atoms with Crippen molar-refractivity contribution in [3.05, 3.63) is 92.7 Å². The highest BCUT2D eigenvalue weighted by Crippen LogP contribution is 2.38. The van der Waals surface area contributed by atoms with Crippen molar-refractivity contribution in [2.75, 3.05) is 13.1 Å². The Bertz CT molecular complexity index is 1220. The van der Waals surface area contributed by atoms with Crippen LogP contribution < -0.4 is 0 Å². The van der Waals surface area contributed by atoms with Gasteiger partial charge in [0.2, 0.25) is 5.91 Å². The van der Waals surface area contributed by atoms with Crippen molar-refractivity contribution in [3.8, 4) is 0 Å². The summed E-state index contributed by atoms with van der Waals surface area (Å²) in [5.41, 5.74) is 5.45. The van der Waals surface area contributed by atoms with Crippen LogP contribution in [0.4, 0.5) is 0 Å². The molecule has 5 heteroatoms. The van der Waals surface area contributed by atoms with Gasteiger partial charge in [-0.05, 0) is 71.9 Å². The van der Waals surface area contributed by atoms with Gasteiger partial charge in [-0.1, -0.05) is 62.7 Å². The molecule has 1 aromatic heterocycles. The van der Waals surface area contributed by atoms with Crippen LogP contribution >= 0.6 is 11.3 Å². The van der Waals surface area contributed by atoms with Crippen LogP contribution in [0.1, 0.15) is 77.1 Å². The third kappa shape index (κ3) is 4.92. The van der Waals surface area contributed by atoms with E-state index in [0.29, 0.717) is 12.1 Å². The first-order valence-electron chi connectivity index (χ1n) is 12.6. The van der Waals surface area contributed by atoms with E-state index in [9.17, 15) is 9.59 Å². The molecular weight excluding hydrogens is 452 g/mol. The van der Waals surface area contributed by atoms with Crippen molar-refractivity contribution in [3.63, 3.8) is 0 Å². The van der Waals surface area contributed by atoms with Crippen LogP contribution in [0.2, 0.25) is 0 Å². The van der Waals surface area contributed by atoms with Gasteiger partial charge >= 0.3 is 0 Å². The number of hydrogen-bond acceptors (Lipinski definition) is 3. The minimum Gasteiger partial charge on any atom is -0.330 e. The van der Waals surface area contributed by atoms with Gasteiger partial charge in [0.25, 0.3) is 5.91 Å². The zero-order chi connectivity index (χ0) is 24.7. The van der Waals surface area contributed by atoms with Gasteiger partial charge in [0.1, 0.15) is 6.54 Å². The topological polar surface area (TPSA) is 40.6 Å². The average Bonchev–Trinajstić information content (AvgIpc) is 3.57. The number of fused-ring (bicyclic) bond motifs is 1. The second-order valence-electron chi connectivity index (χ2n) is 10.9. The van der Waals surface area contributed by atoms with Crippen molar-refractivity contribution in [1.82, 2.24) is 9.80 Å². The minimum atomic E-state index is -0.0969. The van der Waals surface area contributed by atoms with Gasteiger partial charge in [-0.3, -0.25) is 9.59 Å². The van der Waals surface area contributed by atoms with E-state index in [-0.39, 0.29) is 35.9 Å². The summed E-state index contributed by atoms with van der Waals surface area (Å²) in [4.78, 5) is 32.4. The number of aryl methyl sites for hydroxylation is 1. The molecule has 1 aliphatic heterocycles. The Labute approximate surface area is 212 Å². The van der Waals surface area contributed by atoms with Crippen LogP contribution in [0.25, 0.3) is 0 Å². The molecule has 35 heavy (non-hydrogen) atoms. The predicted octanol–water partition coefficient (Wildman–Crippen LogP) is 6.13. The zero-order valence-electron chi connectivity index (χ0n) is 21.1. The van der Waals surface area contributed by atoms with Gasteiger partial charge in [-0.15, -0.1) is 11.3 Å². The predicted molar refractivity (Wildman–Crippen MR) is 142 cm³/mol. The normalized spacial score (nSPS) is 17.7. The van der Waals surface area contributed by atoms with Gasteiger partial charge in [0.15, 0.2) is 0 Å². The zero-order valence-corrected chi connectivity index (χ0v) is 21.9. The van der Waals surface area contributed by atoms with Crippen LogP contribution in [-0.4, -0.2) is 40.7 Å². The van der Waals surface area contributed by atoms with E-state index in [0.717, 1.165) is 24.8 Å². The molecule has 5 rings (SSSR count). The number of rotatable bonds is 5. The fourth-order valence-electron chi connectivity index (χ4n) is 4.96. The molecule has 2 aliphatic rings. The SMILES string of the molecule is Cc1ccc(C2c3ccsc3CCN2C(=O)CN(C(=O)c2ccc(C(C)(C)C)cc2)C2CC2)cc1. The lowest BCUT2D eigenvalue weighted by atomic mass is 9.86. The summed E-state index contributed by atoms with van der Waals surface area (Å²) < 4.78 is 0. The van der Waals surface area contributed by atoms with Gasteiger partial charge in [-0.2, -0.15) is 0 Å². The van der Waals surface area contributed by atoms with Crippen molar-refractivity contribution in [2.24, 2.45) is 0 Å². The van der Waals surface area contributed by atoms with E-state index >= 15 is 0 Å². The molecule has 0 radical (unpaired) electrons. The fraction of sp³-hybridized carbons (Fsp3) is 0.400. The standard InChI is InChI=1S/C30H34N2O2S/c1-20-5-7-21(8-6-20)28-25-16-18-35-26(25)15-17-31(28)27(33)19-32(24-13-14-24)29(34)22-9-11-23(12-10-22)30(2,3)4/h5-12,16,18,24,28H,13-15,17,19H2,1-4H3. The molecule has 2 heterocycles. The molecule has 2 amide bonds. The molecule has 1 atom stereocenters. The second-order valence-corrected chi connectivity index (χ2v) is 11.9. The summed E-state index contributed by atoms with van der Waals surface area (Å²) in [7, 11) is 0. The maximum atomic E-state index is 13.8. The minimum absolute atomic E-state index is 0.0268. The summed E-state index contributed by atoms with van der Waals surface area (Å²) in [6, 6.07) is 18.6. The number of thiophene rings is 1. The number of nitrogens with zero attached hydrogens (tertiary/aromatic N) is 2. The Morgan fingerprint density at radius 3 is 2.31 bits per heavy atom. The average molecular weight is 487 g/mol. The summed E-state index contributed by atoms with van der Waals surface area (Å²) in [5.74, 6) is -0.0135. The van der Waals surface area contributed by atoms with Crippen LogP contribution in [0, 0.1) is 6.92 Å². The molecule has 1 fully saturated rings. The third-order valence-electron chi connectivity index (χ3n) is 7.23. The first-order valence-corrected chi connectivity index (χ1v) is 13.4. The van der Waals surface area contributed by atoms with Crippen molar-refractivity contribution in [1.29, 1.82) is 0 Å². The van der Waals surface area contributed by atoms with Crippen LogP contribution in [-0.2, 0) is 16.6 Å². The number of amides is 2. The lowest BCUT2D eigenvalue weighted by molar-refractivity contribution is -0.134. The lowest BCUT2D eigenvalue weighted by Gasteiger charge is -2.37. The molecule has 1 unspecified atom stereocenters. The molecule has 4 nitrogen and oxygen atoms in total. The molecule has 0 bridgehead atoms. The molecule has 2 aromatic carbocycles. The Morgan fingerprint density at radius 1 is 1.00 bits per heavy atom. The van der Waals surface area contributed by atoms with Gasteiger partial charge in [0, 0.05) is 23.0 Å². The number of carbonyl (C=O) groups is 2. The van der Waals surface area contributed by atoms with E-state index in [1.54, 1.807) is 11.3 Å². The van der Waals surface area contributed by atoms with Crippen molar-refractivity contribution < 1.29 is 9.59 Å². The smallest absolute Gasteiger partial charge is 0.254 e. The molecule has 1 aliphatic carbocycles. The summed E-state index contributed by atoms with van der Waals surface area (Å²) in [6.45, 7) is 9.39. The van der Waals surface area contributed by atoms with Crippen molar-refractivity contribution >= 4 is 23.2 Å². The first-order chi connectivity index (χ1) is 16.7. The quantitative estimate of drug-likeness (QED) is 0.435. The van der Waals surface area contributed by atoms with Crippen LogP contribution in [0.5, 0.6) is 0 Å². The molecule has 0 spiro atoms. The maximum absolute atomic E-state index is 13.8. The van der Waals surface area contributed by atoms with E-state index < -0.39 is 0 Å². The number of carbonyl (C=O) groups excluding carboxylic acids is 2. The lowest BCUT2D eigenvalue weighted by Crippen LogP contribution is -2.47. The second kappa shape index (κ2) is 9.27. The Kier molecular flexibility index (Phi) is 6.30. The first kappa shape index (κ1) is 23.8. The largest absolute Gasteiger partial charge is 0.330 e. The number of benzene rings is 2. The van der Waals surface area contributed by atoms with Gasteiger partial charge in [-0.25, -0.2) is 0 Å². The van der Waals surface area contributed by atoms with Gasteiger partial charge < -0.3 is 9.80 Å². The Balaban J connectivity index is 1.39. The molecular formula is C30H34N2O2S.